The molecular formula is C17H20N2O3. The van der Waals surface area contributed by atoms with Gasteiger partial charge in [-0.25, -0.2) is 5.43 Å². The third-order valence-electron chi connectivity index (χ3n) is 3.58. The predicted molar refractivity (Wildman–Crippen MR) is 84.7 cm³/mol. The van der Waals surface area contributed by atoms with Crippen LogP contribution < -0.4 is 5.43 Å². The highest BCUT2D eigenvalue weighted by Crippen LogP contribution is 2.35. The second-order valence-electron chi connectivity index (χ2n) is 6.27. The minimum atomic E-state index is -0.358. The van der Waals surface area contributed by atoms with E-state index in [0.717, 1.165) is 0 Å². The Labute approximate surface area is 129 Å². The fourth-order valence-corrected chi connectivity index (χ4v) is 2.54. The SMILES string of the molecule is CC(=NNC(=O)c1ccccc1)C1=C(O)CC(C)(C)CC1=O. The fraction of sp³-hybridized carbons (Fsp3) is 0.353. The zero-order chi connectivity index (χ0) is 16.3. The van der Waals surface area contributed by atoms with Crippen LogP contribution in [0.4, 0.5) is 0 Å². The van der Waals surface area contributed by atoms with E-state index in [9.17, 15) is 14.7 Å². The lowest BCUT2D eigenvalue weighted by Crippen LogP contribution is -2.29. The van der Waals surface area contributed by atoms with Gasteiger partial charge in [-0.1, -0.05) is 32.0 Å². The molecule has 22 heavy (non-hydrogen) atoms. The first kappa shape index (κ1) is 15.9. The molecule has 0 atom stereocenters. The molecule has 116 valence electrons. The van der Waals surface area contributed by atoms with E-state index < -0.39 is 0 Å². The normalized spacial score (nSPS) is 18.3. The van der Waals surface area contributed by atoms with Gasteiger partial charge in [-0.2, -0.15) is 5.10 Å². The Morgan fingerprint density at radius 1 is 1.23 bits per heavy atom. The molecule has 0 spiro atoms. The third kappa shape index (κ3) is 3.61. The summed E-state index contributed by atoms with van der Waals surface area (Å²) in [4.78, 5) is 24.1. The molecular weight excluding hydrogens is 280 g/mol. The predicted octanol–water partition coefficient (Wildman–Crippen LogP) is 2.99. The molecule has 0 unspecified atom stereocenters. The Kier molecular flexibility index (Phi) is 4.45. The molecule has 1 aliphatic carbocycles. The number of aliphatic hydroxyl groups excluding tert-OH is 1. The molecule has 0 bridgehead atoms. The van der Waals surface area contributed by atoms with Crippen molar-refractivity contribution in [2.24, 2.45) is 10.5 Å². The van der Waals surface area contributed by atoms with Gasteiger partial charge in [0.25, 0.3) is 5.91 Å². The molecule has 1 aromatic rings. The zero-order valence-corrected chi connectivity index (χ0v) is 13.0. The van der Waals surface area contributed by atoms with Gasteiger partial charge in [0, 0.05) is 18.4 Å². The second kappa shape index (κ2) is 6.13. The van der Waals surface area contributed by atoms with Crippen molar-refractivity contribution in [1.29, 1.82) is 0 Å². The van der Waals surface area contributed by atoms with E-state index in [4.69, 9.17) is 0 Å². The van der Waals surface area contributed by atoms with E-state index in [1.807, 2.05) is 19.9 Å². The van der Waals surface area contributed by atoms with Crippen LogP contribution in [0.15, 0.2) is 46.8 Å². The van der Waals surface area contributed by atoms with E-state index in [2.05, 4.69) is 10.5 Å². The monoisotopic (exact) mass is 300 g/mol. The number of allylic oxidation sites excluding steroid dienone is 2. The molecule has 1 aliphatic rings. The van der Waals surface area contributed by atoms with Gasteiger partial charge in [0.1, 0.15) is 5.76 Å². The first-order valence-corrected chi connectivity index (χ1v) is 7.15. The molecule has 5 heteroatoms. The van der Waals surface area contributed by atoms with Crippen LogP contribution >= 0.6 is 0 Å². The van der Waals surface area contributed by atoms with Crippen LogP contribution in [0.3, 0.4) is 0 Å². The summed E-state index contributed by atoms with van der Waals surface area (Å²) >= 11 is 0. The molecule has 5 nitrogen and oxygen atoms in total. The lowest BCUT2D eigenvalue weighted by Gasteiger charge is -2.29. The Morgan fingerprint density at radius 2 is 1.86 bits per heavy atom. The maximum atomic E-state index is 12.2. The molecule has 0 aliphatic heterocycles. The van der Waals surface area contributed by atoms with Gasteiger partial charge in [0.05, 0.1) is 11.3 Å². The zero-order valence-electron chi connectivity index (χ0n) is 13.0. The van der Waals surface area contributed by atoms with Crippen LogP contribution in [-0.2, 0) is 4.79 Å². The summed E-state index contributed by atoms with van der Waals surface area (Å²) in [6, 6.07) is 8.67. The Bertz CT molecular complexity index is 658. The molecule has 1 amide bonds. The number of nitrogens with zero attached hydrogens (tertiary/aromatic N) is 1. The number of nitrogens with one attached hydrogen (secondary N) is 1. The van der Waals surface area contributed by atoms with Crippen molar-refractivity contribution in [1.82, 2.24) is 5.43 Å². The summed E-state index contributed by atoms with van der Waals surface area (Å²) in [7, 11) is 0. The van der Waals surface area contributed by atoms with E-state index in [1.165, 1.54) is 0 Å². The second-order valence-corrected chi connectivity index (χ2v) is 6.27. The van der Waals surface area contributed by atoms with E-state index in [0.29, 0.717) is 24.1 Å². The molecule has 0 saturated heterocycles. The van der Waals surface area contributed by atoms with Gasteiger partial charge in [0.2, 0.25) is 0 Å². The highest BCUT2D eigenvalue weighted by atomic mass is 16.3. The number of carbonyl (C=O) groups excluding carboxylic acids is 2. The summed E-state index contributed by atoms with van der Waals surface area (Å²) in [5.74, 6) is -0.468. The van der Waals surface area contributed by atoms with E-state index in [1.54, 1.807) is 31.2 Å². The largest absolute Gasteiger partial charge is 0.511 e. The number of aliphatic hydroxyl groups is 1. The van der Waals surface area contributed by atoms with E-state index >= 15 is 0 Å². The number of carbonyl (C=O) groups is 2. The van der Waals surface area contributed by atoms with Crippen LogP contribution in [0.1, 0.15) is 44.0 Å². The van der Waals surface area contributed by atoms with Gasteiger partial charge >= 0.3 is 0 Å². The molecule has 1 aromatic carbocycles. The topological polar surface area (TPSA) is 78.8 Å². The van der Waals surface area contributed by atoms with Crippen LogP contribution in [0.25, 0.3) is 0 Å². The highest BCUT2D eigenvalue weighted by Gasteiger charge is 2.34. The molecule has 0 fully saturated rings. The number of Topliss-reactive ketones (excluding diaryl/α,β-unsaturated/α-hetero) is 1. The smallest absolute Gasteiger partial charge is 0.271 e. The minimum Gasteiger partial charge on any atom is -0.511 e. The van der Waals surface area contributed by atoms with Crippen LogP contribution in [0, 0.1) is 5.41 Å². The van der Waals surface area contributed by atoms with Gasteiger partial charge < -0.3 is 5.11 Å². The summed E-state index contributed by atoms with van der Waals surface area (Å²) in [5.41, 5.74) is 3.17. The first-order valence-electron chi connectivity index (χ1n) is 7.15. The van der Waals surface area contributed by atoms with Crippen molar-refractivity contribution in [3.8, 4) is 0 Å². The standard InChI is InChI=1S/C17H20N2O3/c1-11(15-13(20)9-17(2,3)10-14(15)21)18-19-16(22)12-7-5-4-6-8-12/h4-8,20H,9-10H2,1-3H3,(H,19,22). The molecule has 2 N–H and O–H groups in total. The Hall–Kier alpha value is -2.43. The molecule has 0 saturated carbocycles. The van der Waals surface area contributed by atoms with Crippen LogP contribution in [-0.4, -0.2) is 22.5 Å². The number of hydrogen-bond acceptors (Lipinski definition) is 4. The van der Waals surface area contributed by atoms with Gasteiger partial charge in [-0.15, -0.1) is 0 Å². The summed E-state index contributed by atoms with van der Waals surface area (Å²) < 4.78 is 0. The van der Waals surface area contributed by atoms with Crippen molar-refractivity contribution < 1.29 is 14.7 Å². The van der Waals surface area contributed by atoms with Crippen molar-refractivity contribution in [2.75, 3.05) is 0 Å². The number of rotatable bonds is 3. The molecule has 0 aromatic heterocycles. The maximum Gasteiger partial charge on any atom is 0.271 e. The lowest BCUT2D eigenvalue weighted by molar-refractivity contribution is -0.117. The van der Waals surface area contributed by atoms with E-state index in [-0.39, 0.29) is 28.4 Å². The van der Waals surface area contributed by atoms with Crippen LogP contribution in [0.5, 0.6) is 0 Å². The quantitative estimate of drug-likeness (QED) is 0.665. The van der Waals surface area contributed by atoms with Crippen molar-refractivity contribution in [3.63, 3.8) is 0 Å². The summed E-state index contributed by atoms with van der Waals surface area (Å²) in [6.45, 7) is 5.47. The maximum absolute atomic E-state index is 12.2. The molecule has 2 rings (SSSR count). The Morgan fingerprint density at radius 3 is 2.45 bits per heavy atom. The first-order chi connectivity index (χ1) is 10.3. The third-order valence-corrected chi connectivity index (χ3v) is 3.58. The molecule has 0 radical (unpaired) electrons. The number of ketones is 1. The van der Waals surface area contributed by atoms with Crippen LogP contribution in [0.2, 0.25) is 0 Å². The summed E-state index contributed by atoms with van der Waals surface area (Å²) in [6.07, 6.45) is 0.777. The summed E-state index contributed by atoms with van der Waals surface area (Å²) in [5, 5.41) is 14.0. The number of amides is 1. The highest BCUT2D eigenvalue weighted by molar-refractivity contribution is 6.22. The molecule has 0 heterocycles. The van der Waals surface area contributed by atoms with Crippen molar-refractivity contribution >= 4 is 17.4 Å². The van der Waals surface area contributed by atoms with Crippen molar-refractivity contribution in [3.05, 3.63) is 47.2 Å². The number of hydrazone groups is 1. The number of hydrogen-bond donors (Lipinski definition) is 2. The lowest BCUT2D eigenvalue weighted by atomic mass is 9.76. The Balaban J connectivity index is 2.16. The van der Waals surface area contributed by atoms with Gasteiger partial charge in [0.15, 0.2) is 5.78 Å². The van der Waals surface area contributed by atoms with Crippen molar-refractivity contribution in [2.45, 2.75) is 33.6 Å². The average Bonchev–Trinajstić information content (AvgIpc) is 2.43. The van der Waals surface area contributed by atoms with Gasteiger partial charge in [-0.3, -0.25) is 9.59 Å². The number of benzene rings is 1. The average molecular weight is 300 g/mol. The van der Waals surface area contributed by atoms with Gasteiger partial charge in [-0.05, 0) is 24.5 Å². The minimum absolute atomic E-state index is 0.0384. The fourth-order valence-electron chi connectivity index (χ4n) is 2.54.